The summed E-state index contributed by atoms with van der Waals surface area (Å²) in [6.07, 6.45) is 0.651. The summed E-state index contributed by atoms with van der Waals surface area (Å²) in [6.45, 7) is 1.71. The Morgan fingerprint density at radius 1 is 1.08 bits per heavy atom. The molecule has 2 aromatic carbocycles. The SMILES string of the molecule is COC(=O)C1=C(C)NC2=C(C(=O)C[C@H](c3ccc(OC)c(OC)c3)C2)[C@@H]1c1cc([N+](=O)[O-])ccc1Cl. The first-order valence-corrected chi connectivity index (χ1v) is 11.6. The molecule has 1 N–H and O–H groups in total. The number of nitrogens with one attached hydrogen (secondary N) is 1. The Kier molecular flexibility index (Phi) is 7.03. The van der Waals surface area contributed by atoms with Gasteiger partial charge in [-0.25, -0.2) is 4.79 Å². The maximum Gasteiger partial charge on any atom is 0.336 e. The van der Waals surface area contributed by atoms with E-state index in [2.05, 4.69) is 5.32 Å². The average Bonchev–Trinajstić information content (AvgIpc) is 2.87. The number of nitro benzene ring substituents is 1. The third-order valence-electron chi connectivity index (χ3n) is 6.61. The molecule has 0 saturated heterocycles. The third-order valence-corrected chi connectivity index (χ3v) is 6.96. The molecule has 4 rings (SSSR count). The molecule has 0 saturated carbocycles. The first-order valence-electron chi connectivity index (χ1n) is 11.2. The lowest BCUT2D eigenvalue weighted by atomic mass is 9.71. The number of dihydropyridines is 1. The molecule has 0 amide bonds. The molecule has 1 aliphatic carbocycles. The van der Waals surface area contributed by atoms with Crippen LogP contribution in [0, 0.1) is 10.1 Å². The zero-order chi connectivity index (χ0) is 26.1. The number of halogens is 1. The number of nitrogens with zero attached hydrogens (tertiary/aromatic N) is 1. The van der Waals surface area contributed by atoms with Gasteiger partial charge in [0.05, 0.1) is 31.8 Å². The van der Waals surface area contributed by atoms with Crippen LogP contribution in [0.5, 0.6) is 11.5 Å². The van der Waals surface area contributed by atoms with Crippen molar-refractivity contribution in [3.8, 4) is 11.5 Å². The molecule has 1 heterocycles. The van der Waals surface area contributed by atoms with E-state index in [0.29, 0.717) is 40.5 Å². The van der Waals surface area contributed by atoms with Crippen molar-refractivity contribution in [2.75, 3.05) is 21.3 Å². The number of hydrogen-bond acceptors (Lipinski definition) is 8. The fourth-order valence-corrected chi connectivity index (χ4v) is 5.17. The molecule has 188 valence electrons. The molecule has 0 spiro atoms. The highest BCUT2D eigenvalue weighted by Gasteiger charge is 2.42. The van der Waals surface area contributed by atoms with Crippen molar-refractivity contribution in [3.63, 3.8) is 0 Å². The van der Waals surface area contributed by atoms with Gasteiger partial charge in [-0.15, -0.1) is 0 Å². The van der Waals surface area contributed by atoms with E-state index < -0.39 is 16.8 Å². The molecule has 0 bridgehead atoms. The molecule has 2 aromatic rings. The zero-order valence-corrected chi connectivity index (χ0v) is 21.0. The summed E-state index contributed by atoms with van der Waals surface area (Å²) in [7, 11) is 4.35. The van der Waals surface area contributed by atoms with Gasteiger partial charge in [-0.3, -0.25) is 14.9 Å². The van der Waals surface area contributed by atoms with Gasteiger partial charge in [0.2, 0.25) is 0 Å². The third kappa shape index (κ3) is 4.42. The van der Waals surface area contributed by atoms with E-state index in [1.807, 2.05) is 12.1 Å². The first-order chi connectivity index (χ1) is 17.2. The van der Waals surface area contributed by atoms with Crippen molar-refractivity contribution in [1.29, 1.82) is 0 Å². The van der Waals surface area contributed by atoms with Crippen LogP contribution in [0.4, 0.5) is 5.69 Å². The number of hydrogen-bond donors (Lipinski definition) is 1. The number of non-ortho nitro benzene ring substituents is 1. The van der Waals surface area contributed by atoms with Gasteiger partial charge in [0.15, 0.2) is 17.3 Å². The molecule has 2 atom stereocenters. The number of nitro groups is 1. The molecule has 0 radical (unpaired) electrons. The average molecular weight is 513 g/mol. The van der Waals surface area contributed by atoms with Crippen LogP contribution >= 0.6 is 11.6 Å². The number of benzene rings is 2. The number of rotatable bonds is 6. The van der Waals surface area contributed by atoms with Crippen LogP contribution in [-0.4, -0.2) is 38.0 Å². The summed E-state index contributed by atoms with van der Waals surface area (Å²) in [4.78, 5) is 37.4. The van der Waals surface area contributed by atoms with Gasteiger partial charge in [-0.2, -0.15) is 0 Å². The standard InChI is InChI=1S/C26H25ClN2O7/c1-13-23(26(31)36-4)24(17-12-16(29(32)33)6-7-18(17)27)25-19(28-13)9-15(10-20(25)30)14-5-8-21(34-2)22(11-14)35-3/h5-8,11-12,15,24,28H,9-10H2,1-4H3/t15-,24-/m1/s1. The second-order valence-corrected chi connectivity index (χ2v) is 8.99. The number of allylic oxidation sites excluding steroid dienone is 3. The van der Waals surface area contributed by atoms with E-state index in [-0.39, 0.29) is 34.4 Å². The summed E-state index contributed by atoms with van der Waals surface area (Å²) in [5.41, 5.74) is 2.70. The second kappa shape index (κ2) is 10.0. The Morgan fingerprint density at radius 3 is 2.44 bits per heavy atom. The molecule has 1 aliphatic heterocycles. The second-order valence-electron chi connectivity index (χ2n) is 8.59. The van der Waals surface area contributed by atoms with Gasteiger partial charge >= 0.3 is 5.97 Å². The molecular weight excluding hydrogens is 488 g/mol. The predicted molar refractivity (Wildman–Crippen MR) is 132 cm³/mol. The Bertz CT molecular complexity index is 1330. The molecule has 10 heteroatoms. The number of ether oxygens (including phenoxy) is 3. The van der Waals surface area contributed by atoms with E-state index >= 15 is 0 Å². The summed E-state index contributed by atoms with van der Waals surface area (Å²) >= 11 is 6.48. The minimum absolute atomic E-state index is 0.155. The maximum atomic E-state index is 13.7. The predicted octanol–water partition coefficient (Wildman–Crippen LogP) is 4.80. The van der Waals surface area contributed by atoms with Crippen LogP contribution in [0.15, 0.2) is 58.9 Å². The molecule has 36 heavy (non-hydrogen) atoms. The number of carbonyl (C=O) groups excluding carboxylic acids is 2. The van der Waals surface area contributed by atoms with Gasteiger partial charge < -0.3 is 19.5 Å². The van der Waals surface area contributed by atoms with Crippen LogP contribution in [0.1, 0.15) is 42.7 Å². The van der Waals surface area contributed by atoms with E-state index in [1.54, 1.807) is 27.2 Å². The fraction of sp³-hybridized carbons (Fsp3) is 0.308. The van der Waals surface area contributed by atoms with Gasteiger partial charge in [0, 0.05) is 46.5 Å². The molecule has 2 aliphatic rings. The van der Waals surface area contributed by atoms with Crippen molar-refractivity contribution in [1.82, 2.24) is 5.32 Å². The summed E-state index contributed by atoms with van der Waals surface area (Å²) in [5, 5.41) is 14.9. The molecule has 9 nitrogen and oxygen atoms in total. The summed E-state index contributed by atoms with van der Waals surface area (Å²) in [6, 6.07) is 9.54. The van der Waals surface area contributed by atoms with Crippen molar-refractivity contribution < 1.29 is 28.7 Å². The van der Waals surface area contributed by atoms with Crippen LogP contribution in [0.2, 0.25) is 5.02 Å². The van der Waals surface area contributed by atoms with Crippen molar-refractivity contribution >= 4 is 29.0 Å². The largest absolute Gasteiger partial charge is 0.493 e. The summed E-state index contributed by atoms with van der Waals surface area (Å²) in [5.74, 6) is -0.749. The molecule has 0 aromatic heterocycles. The van der Waals surface area contributed by atoms with E-state index in [4.69, 9.17) is 25.8 Å². The van der Waals surface area contributed by atoms with Gasteiger partial charge in [-0.05, 0) is 48.6 Å². The zero-order valence-electron chi connectivity index (χ0n) is 20.2. The highest BCUT2D eigenvalue weighted by atomic mass is 35.5. The Morgan fingerprint density at radius 2 is 1.81 bits per heavy atom. The Balaban J connectivity index is 1.84. The Labute approximate surface area is 212 Å². The van der Waals surface area contributed by atoms with Crippen molar-refractivity contribution in [2.45, 2.75) is 31.6 Å². The maximum absolute atomic E-state index is 13.7. The van der Waals surface area contributed by atoms with Gasteiger partial charge in [0.25, 0.3) is 5.69 Å². The number of methoxy groups -OCH3 is 3. The normalized spacial score (nSPS) is 19.4. The lowest BCUT2D eigenvalue weighted by Crippen LogP contribution is -2.36. The minimum Gasteiger partial charge on any atom is -0.493 e. The van der Waals surface area contributed by atoms with Crippen molar-refractivity contribution in [3.05, 3.63) is 85.2 Å². The lowest BCUT2D eigenvalue weighted by molar-refractivity contribution is -0.384. The first kappa shape index (κ1) is 25.2. The van der Waals surface area contributed by atoms with Crippen LogP contribution < -0.4 is 14.8 Å². The minimum atomic E-state index is -0.903. The fourth-order valence-electron chi connectivity index (χ4n) is 4.94. The number of carbonyl (C=O) groups is 2. The molecule has 0 fully saturated rings. The highest BCUT2D eigenvalue weighted by molar-refractivity contribution is 6.31. The Hall–Kier alpha value is -3.85. The van der Waals surface area contributed by atoms with Crippen LogP contribution in [0.3, 0.4) is 0 Å². The number of ketones is 1. The van der Waals surface area contributed by atoms with Crippen LogP contribution in [0.25, 0.3) is 0 Å². The summed E-state index contributed by atoms with van der Waals surface area (Å²) < 4.78 is 15.8. The van der Waals surface area contributed by atoms with E-state index in [1.165, 1.54) is 25.3 Å². The van der Waals surface area contributed by atoms with E-state index in [9.17, 15) is 19.7 Å². The van der Waals surface area contributed by atoms with Gasteiger partial charge in [0.1, 0.15) is 0 Å². The molecular formula is C26H25ClN2O7. The monoisotopic (exact) mass is 512 g/mol. The lowest BCUT2D eigenvalue weighted by Gasteiger charge is -2.36. The smallest absolute Gasteiger partial charge is 0.336 e. The van der Waals surface area contributed by atoms with Gasteiger partial charge in [-0.1, -0.05) is 17.7 Å². The van der Waals surface area contributed by atoms with Crippen molar-refractivity contribution in [2.24, 2.45) is 0 Å². The number of Topliss-reactive ketones (excluding diaryl/α,β-unsaturated/α-hetero) is 1. The quantitative estimate of drug-likeness (QED) is 0.333. The van der Waals surface area contributed by atoms with Crippen LogP contribution in [-0.2, 0) is 14.3 Å². The van der Waals surface area contributed by atoms with E-state index in [0.717, 1.165) is 5.56 Å². The number of esters is 1. The topological polar surface area (TPSA) is 117 Å². The highest BCUT2D eigenvalue weighted by Crippen LogP contribution is 2.48. The molecule has 0 unspecified atom stereocenters.